The monoisotopic (exact) mass is 1720 g/mol. The van der Waals surface area contributed by atoms with E-state index in [9.17, 15) is 63.3 Å². The summed E-state index contributed by atoms with van der Waals surface area (Å²) in [7, 11) is 0. The number of carbonyl (C=O) groups is 14. The summed E-state index contributed by atoms with van der Waals surface area (Å²) < 4.78 is 26.7. The maximum atomic E-state index is 15.3. The van der Waals surface area contributed by atoms with Gasteiger partial charge in [-0.05, 0) is 130 Å². The van der Waals surface area contributed by atoms with Crippen molar-refractivity contribution in [1.82, 2.24) is 69.1 Å². The molecule has 0 bridgehead atoms. The quantitative estimate of drug-likeness (QED) is 0.0179. The normalized spacial score (nSPS) is 13.5. The van der Waals surface area contributed by atoms with Crippen molar-refractivity contribution in [3.05, 3.63) is 215 Å². The largest absolute Gasteiger partial charge is 0.480 e. The molecule has 36 heteroatoms. The molecule has 0 aromatic heterocycles. The number of benzene rings is 6. The smallest absolute Gasteiger partial charge is 0.408 e. The van der Waals surface area contributed by atoms with Gasteiger partial charge in [0.1, 0.15) is 81.4 Å². The molecule has 13 amide bonds. The Balaban J connectivity index is 1.28. The van der Waals surface area contributed by atoms with Gasteiger partial charge in [-0.25, -0.2) is 28.8 Å². The van der Waals surface area contributed by atoms with Gasteiger partial charge < -0.3 is 114 Å². The maximum absolute atomic E-state index is 15.3. The lowest BCUT2D eigenvalue weighted by atomic mass is 9.99. The van der Waals surface area contributed by atoms with Crippen LogP contribution in [0.3, 0.4) is 0 Å². The molecule has 0 unspecified atom stereocenters. The van der Waals surface area contributed by atoms with Crippen molar-refractivity contribution in [3.8, 4) is 0 Å². The van der Waals surface area contributed by atoms with E-state index in [4.69, 9.17) is 29.4 Å². The summed E-state index contributed by atoms with van der Waals surface area (Å²) in [5.41, 5.74) is 9.89. The molecule has 6 rings (SSSR count). The Morgan fingerprint density at radius 3 is 0.815 bits per heavy atom. The zero-order valence-corrected chi connectivity index (χ0v) is 70.0. The van der Waals surface area contributed by atoms with E-state index in [1.807, 2.05) is 0 Å². The van der Waals surface area contributed by atoms with Crippen LogP contribution in [0.5, 0.6) is 0 Å². The van der Waals surface area contributed by atoms with Crippen LogP contribution in [-0.4, -0.2) is 198 Å². The zero-order valence-electron chi connectivity index (χ0n) is 70.0. The first-order valence-electron chi connectivity index (χ1n) is 41.2. The topological polar surface area (TPSA) is 528 Å². The van der Waals surface area contributed by atoms with E-state index in [1.165, 1.54) is 6.92 Å². The number of aliphatic hydroxyl groups excluding tert-OH is 2. The summed E-state index contributed by atoms with van der Waals surface area (Å²) in [4.78, 5) is 196. The van der Waals surface area contributed by atoms with Crippen LogP contribution < -0.4 is 74.9 Å². The number of aliphatic carboxylic acids is 1. The van der Waals surface area contributed by atoms with Crippen LogP contribution >= 0.6 is 0 Å². The van der Waals surface area contributed by atoms with Gasteiger partial charge in [-0.1, -0.05) is 196 Å². The SMILES string of the molecule is CC(C)C[C@H](NC(=O)[C@@H](Cc1ccccc1)NC(=O)[C@H](CCCNC(=O)OCc1ccccc1)NC(=O)[C@H](CCCN)NC(=O)[C@H](CCCNC(=O)OCc1ccccc1)NC(=O)[C@@H](NC(=O)OCc1ccccc1)[C@@H](C)O)C(=O)N[C@@H](CCCNC(=O)OCc1ccccc1)C(=O)N[C@@H](CCCNC(=O)OCc1ccccc1)C(=O)N[C@H](C(=O)O)[C@@H](C)O. The minimum absolute atomic E-state index is 0.0137. The van der Waals surface area contributed by atoms with Gasteiger partial charge in [0.15, 0.2) is 6.04 Å². The van der Waals surface area contributed by atoms with Gasteiger partial charge in [-0.15, -0.1) is 0 Å². The number of carbonyl (C=O) groups excluding carboxylic acids is 13. The summed E-state index contributed by atoms with van der Waals surface area (Å²) in [5.74, 6) is -9.99. The molecule has 0 spiro atoms. The third-order valence-corrected chi connectivity index (χ3v) is 19.0. The van der Waals surface area contributed by atoms with Crippen LogP contribution in [0.2, 0.25) is 0 Å². The van der Waals surface area contributed by atoms with Gasteiger partial charge >= 0.3 is 36.4 Å². The fraction of sp³-hybridized carbons (Fsp3) is 0.432. The van der Waals surface area contributed by atoms with Crippen LogP contribution in [0.25, 0.3) is 0 Å². The number of carboxylic acids is 1. The molecule has 670 valence electrons. The number of rotatable bonds is 53. The Bertz CT molecular complexity index is 4320. The Labute approximate surface area is 719 Å². The number of amides is 13. The second kappa shape index (κ2) is 55.7. The molecule has 124 heavy (non-hydrogen) atoms. The van der Waals surface area contributed by atoms with Crippen LogP contribution in [0.4, 0.5) is 24.0 Å². The number of nitrogens with two attached hydrogens (primary N) is 1. The first kappa shape index (κ1) is 99.6. The van der Waals surface area contributed by atoms with E-state index in [1.54, 1.807) is 196 Å². The van der Waals surface area contributed by atoms with Crippen LogP contribution in [0, 0.1) is 5.92 Å². The van der Waals surface area contributed by atoms with Crippen LogP contribution in [0.1, 0.15) is 132 Å². The van der Waals surface area contributed by atoms with E-state index in [0.717, 1.165) is 6.92 Å². The Kier molecular flexibility index (Phi) is 44.7. The van der Waals surface area contributed by atoms with Crippen molar-refractivity contribution >= 4 is 83.7 Å². The van der Waals surface area contributed by atoms with Gasteiger partial charge in [0.2, 0.25) is 47.3 Å². The molecule has 6 aromatic carbocycles. The summed E-state index contributed by atoms with van der Waals surface area (Å²) >= 11 is 0. The molecule has 36 nitrogen and oxygen atoms in total. The van der Waals surface area contributed by atoms with Gasteiger partial charge in [-0.3, -0.25) is 38.4 Å². The average molecular weight is 1720 g/mol. The molecule has 0 aliphatic carbocycles. The fourth-order valence-electron chi connectivity index (χ4n) is 12.3. The van der Waals surface area contributed by atoms with Crippen molar-refractivity contribution in [2.24, 2.45) is 11.7 Å². The van der Waals surface area contributed by atoms with E-state index in [2.05, 4.69) is 69.1 Å². The van der Waals surface area contributed by atoms with Gasteiger partial charge in [0.05, 0.1) is 12.2 Å². The van der Waals surface area contributed by atoms with E-state index in [0.29, 0.717) is 33.4 Å². The highest BCUT2D eigenvalue weighted by molar-refractivity contribution is 5.98. The predicted octanol–water partition coefficient (Wildman–Crippen LogP) is 4.86. The number of carboxylic acid groups (broad SMARTS) is 1. The highest BCUT2D eigenvalue weighted by Crippen LogP contribution is 2.15. The molecule has 0 heterocycles. The van der Waals surface area contributed by atoms with Crippen molar-refractivity contribution < 1.29 is 106 Å². The van der Waals surface area contributed by atoms with Crippen LogP contribution in [-0.2, 0) is 106 Å². The van der Waals surface area contributed by atoms with Gasteiger partial charge in [-0.2, -0.15) is 0 Å². The number of alkyl carbamates (subject to hydrolysis) is 5. The molecule has 0 aliphatic rings. The van der Waals surface area contributed by atoms with Crippen molar-refractivity contribution in [2.75, 3.05) is 32.7 Å². The first-order chi connectivity index (χ1) is 59.6. The Hall–Kier alpha value is -13.2. The molecule has 0 aliphatic heterocycles. The molecule has 0 fully saturated rings. The number of nitrogens with one attached hydrogen (secondary N) is 13. The minimum Gasteiger partial charge on any atom is -0.480 e. The Morgan fingerprint density at radius 2 is 0.532 bits per heavy atom. The number of hydrogen-bond donors (Lipinski definition) is 17. The molecule has 11 atom stereocenters. The molecule has 18 N–H and O–H groups in total. The minimum atomic E-state index is -1.86. The fourth-order valence-corrected chi connectivity index (χ4v) is 12.3. The summed E-state index contributed by atoms with van der Waals surface area (Å²) in [5, 5.41) is 64.9. The first-order valence-corrected chi connectivity index (χ1v) is 41.2. The van der Waals surface area contributed by atoms with E-state index in [-0.39, 0.29) is 149 Å². The number of hydrogen-bond acceptors (Lipinski definition) is 22. The second-order valence-electron chi connectivity index (χ2n) is 29.7. The van der Waals surface area contributed by atoms with Gasteiger partial charge in [0, 0.05) is 32.6 Å². The molecule has 6 aromatic rings. The predicted molar refractivity (Wildman–Crippen MR) is 453 cm³/mol. The average Bonchev–Trinajstić information content (AvgIpc) is 0.878. The highest BCUT2D eigenvalue weighted by atomic mass is 16.6. The standard InChI is InChI=1S/C88H116N14O22/c1-57(2)50-71(80(110)97-67(41-24-46-90-84(115)120-52-61-30-13-6-14-31-61)76(106)96-70(79(109)101-74(59(4)104)83(113)114)44-27-49-93-87(118)123-55-64-36-19-9-20-37-64)99-81(111)72(51-60-28-11-5-12-29-60)100-78(108)68(42-25-47-91-85(116)121-53-62-32-15-7-16-33-62)95-75(105)66(40-23-45-89)94-77(107)69(43-26-48-92-86(117)122-54-63-34-17-8-18-35-63)98-82(112)73(58(3)103)102-88(119)124-56-65-38-21-10-22-39-65/h5-22,28-39,57-59,66-74,103-104H,23-27,40-56,89H2,1-4H3,(H,90,115)(H,91,116)(H,92,117)(H,93,118)(H,94,107)(H,95,105)(H,96,106)(H,97,110)(H,98,112)(H,99,111)(H,100,108)(H,101,109)(H,102,119)(H,113,114)/t58-,59-,66+,67+,68+,69+,70+,71+,72-,73+,74+/m1/s1. The molecule has 0 saturated carbocycles. The van der Waals surface area contributed by atoms with Crippen molar-refractivity contribution in [3.63, 3.8) is 0 Å². The number of ether oxygens (including phenoxy) is 5. The van der Waals surface area contributed by atoms with Crippen molar-refractivity contribution in [1.29, 1.82) is 0 Å². The summed E-state index contributed by atoms with van der Waals surface area (Å²) in [6.07, 6.45) is -9.21. The molecule has 0 radical (unpaired) electrons. The zero-order chi connectivity index (χ0) is 90.0. The number of aliphatic hydroxyl groups is 2. The van der Waals surface area contributed by atoms with Crippen molar-refractivity contribution in [2.45, 2.75) is 204 Å². The van der Waals surface area contributed by atoms with E-state index < -0.39 is 150 Å². The lowest BCUT2D eigenvalue weighted by Crippen LogP contribution is -2.61. The third-order valence-electron chi connectivity index (χ3n) is 19.0. The molecular formula is C88H116N14O22. The van der Waals surface area contributed by atoms with Crippen LogP contribution in [0.15, 0.2) is 182 Å². The second-order valence-corrected chi connectivity index (χ2v) is 29.7. The summed E-state index contributed by atoms with van der Waals surface area (Å²) in [6.45, 7) is 4.77. The highest BCUT2D eigenvalue weighted by Gasteiger charge is 2.37. The summed E-state index contributed by atoms with van der Waals surface area (Å²) in [6, 6.07) is 37.6. The Morgan fingerprint density at radius 1 is 0.290 bits per heavy atom. The third kappa shape index (κ3) is 39.1. The molecular weight excluding hydrogens is 1610 g/mol. The van der Waals surface area contributed by atoms with Gasteiger partial charge in [0.25, 0.3) is 0 Å². The molecule has 0 saturated heterocycles. The maximum Gasteiger partial charge on any atom is 0.408 e. The van der Waals surface area contributed by atoms with E-state index >= 15 is 19.2 Å². The lowest BCUT2D eigenvalue weighted by molar-refractivity contribution is -0.145. The lowest BCUT2D eigenvalue weighted by Gasteiger charge is -2.29.